The fourth-order valence-electron chi connectivity index (χ4n) is 1.36. The number of benzene rings is 1. The standard InChI is InChI=1S/C12H9ClFNO/c1-16-10-4-9(6-15-7-10)8-2-3-12(14)11(13)5-8/h2-7H,1H3. The summed E-state index contributed by atoms with van der Waals surface area (Å²) in [5.74, 6) is 0.221. The minimum atomic E-state index is -0.429. The molecule has 0 radical (unpaired) electrons. The van der Waals surface area contributed by atoms with Crippen LogP contribution >= 0.6 is 11.6 Å². The Kier molecular flexibility index (Phi) is 3.06. The van der Waals surface area contributed by atoms with Crippen LogP contribution in [0.25, 0.3) is 11.1 Å². The van der Waals surface area contributed by atoms with Gasteiger partial charge in [-0.15, -0.1) is 0 Å². The zero-order valence-electron chi connectivity index (χ0n) is 8.58. The Morgan fingerprint density at radius 2 is 2.00 bits per heavy atom. The molecule has 0 fully saturated rings. The summed E-state index contributed by atoms with van der Waals surface area (Å²) >= 11 is 5.71. The van der Waals surface area contributed by atoms with Gasteiger partial charge in [0.25, 0.3) is 0 Å². The van der Waals surface area contributed by atoms with Crippen molar-refractivity contribution in [2.75, 3.05) is 7.11 Å². The highest BCUT2D eigenvalue weighted by atomic mass is 35.5. The maximum atomic E-state index is 13.0. The van der Waals surface area contributed by atoms with Crippen molar-refractivity contribution < 1.29 is 9.13 Å². The second-order valence-corrected chi connectivity index (χ2v) is 3.65. The summed E-state index contributed by atoms with van der Waals surface area (Å²) in [5, 5.41) is 0.0975. The molecule has 2 rings (SSSR count). The van der Waals surface area contributed by atoms with Crippen LogP contribution in [0.5, 0.6) is 5.75 Å². The van der Waals surface area contributed by atoms with Crippen molar-refractivity contribution in [3.63, 3.8) is 0 Å². The zero-order chi connectivity index (χ0) is 11.5. The molecule has 82 valence electrons. The number of hydrogen-bond donors (Lipinski definition) is 0. The summed E-state index contributed by atoms with van der Waals surface area (Å²) in [5.41, 5.74) is 1.64. The molecule has 1 aromatic heterocycles. The number of rotatable bonds is 2. The van der Waals surface area contributed by atoms with Gasteiger partial charge in [0.05, 0.1) is 18.3 Å². The molecule has 1 heterocycles. The second kappa shape index (κ2) is 4.49. The first-order valence-corrected chi connectivity index (χ1v) is 5.03. The monoisotopic (exact) mass is 237 g/mol. The summed E-state index contributed by atoms with van der Waals surface area (Å²) in [6.07, 6.45) is 3.28. The van der Waals surface area contributed by atoms with Gasteiger partial charge in [0.15, 0.2) is 0 Å². The number of halogens is 2. The zero-order valence-corrected chi connectivity index (χ0v) is 9.33. The molecule has 0 N–H and O–H groups in total. The topological polar surface area (TPSA) is 22.1 Å². The molecule has 0 saturated heterocycles. The highest BCUT2D eigenvalue weighted by Gasteiger charge is 2.04. The predicted octanol–water partition coefficient (Wildman–Crippen LogP) is 3.55. The average Bonchev–Trinajstić information content (AvgIpc) is 2.33. The summed E-state index contributed by atoms with van der Waals surface area (Å²) in [6.45, 7) is 0. The first-order chi connectivity index (χ1) is 7.70. The summed E-state index contributed by atoms with van der Waals surface area (Å²) in [4.78, 5) is 4.02. The lowest BCUT2D eigenvalue weighted by atomic mass is 10.1. The average molecular weight is 238 g/mol. The van der Waals surface area contributed by atoms with E-state index in [4.69, 9.17) is 16.3 Å². The Morgan fingerprint density at radius 3 is 2.69 bits per heavy atom. The molecule has 0 unspecified atom stereocenters. The normalized spacial score (nSPS) is 10.2. The lowest BCUT2D eigenvalue weighted by Crippen LogP contribution is -1.87. The number of pyridine rings is 1. The van der Waals surface area contributed by atoms with Crippen molar-refractivity contribution in [2.24, 2.45) is 0 Å². The van der Waals surface area contributed by atoms with E-state index < -0.39 is 5.82 Å². The third kappa shape index (κ3) is 2.14. The van der Waals surface area contributed by atoms with Crippen LogP contribution in [-0.2, 0) is 0 Å². The van der Waals surface area contributed by atoms with Crippen LogP contribution in [0, 0.1) is 5.82 Å². The van der Waals surface area contributed by atoms with Gasteiger partial charge in [0, 0.05) is 11.8 Å². The SMILES string of the molecule is COc1cncc(-c2ccc(F)c(Cl)c2)c1. The molecule has 0 aliphatic rings. The van der Waals surface area contributed by atoms with Crippen molar-refractivity contribution >= 4 is 11.6 Å². The second-order valence-electron chi connectivity index (χ2n) is 3.24. The van der Waals surface area contributed by atoms with Gasteiger partial charge in [-0.3, -0.25) is 4.98 Å². The molecule has 0 aliphatic carbocycles. The minimum absolute atomic E-state index is 0.0975. The number of nitrogens with zero attached hydrogens (tertiary/aromatic N) is 1. The highest BCUT2D eigenvalue weighted by molar-refractivity contribution is 6.31. The van der Waals surface area contributed by atoms with E-state index in [2.05, 4.69) is 4.98 Å². The molecule has 2 nitrogen and oxygen atoms in total. The number of ether oxygens (including phenoxy) is 1. The molecule has 0 bridgehead atoms. The van der Waals surface area contributed by atoms with E-state index in [1.807, 2.05) is 6.07 Å². The highest BCUT2D eigenvalue weighted by Crippen LogP contribution is 2.26. The molecule has 0 amide bonds. The largest absolute Gasteiger partial charge is 0.495 e. The number of methoxy groups -OCH3 is 1. The van der Waals surface area contributed by atoms with Gasteiger partial charge in [-0.2, -0.15) is 0 Å². The van der Waals surface area contributed by atoms with E-state index in [1.54, 1.807) is 31.6 Å². The van der Waals surface area contributed by atoms with Gasteiger partial charge < -0.3 is 4.74 Å². The molecule has 0 spiro atoms. The Morgan fingerprint density at radius 1 is 1.19 bits per heavy atom. The summed E-state index contributed by atoms with van der Waals surface area (Å²) in [6, 6.07) is 6.36. The van der Waals surface area contributed by atoms with Crippen molar-refractivity contribution in [2.45, 2.75) is 0 Å². The van der Waals surface area contributed by atoms with Crippen molar-refractivity contribution in [1.82, 2.24) is 4.98 Å². The molecule has 1 aromatic carbocycles. The van der Waals surface area contributed by atoms with Crippen molar-refractivity contribution in [1.29, 1.82) is 0 Å². The van der Waals surface area contributed by atoms with E-state index >= 15 is 0 Å². The maximum Gasteiger partial charge on any atom is 0.141 e. The van der Waals surface area contributed by atoms with Gasteiger partial charge in [-0.05, 0) is 23.8 Å². The Hall–Kier alpha value is -1.61. The van der Waals surface area contributed by atoms with Crippen molar-refractivity contribution in [3.05, 3.63) is 47.5 Å². The summed E-state index contributed by atoms with van der Waals surface area (Å²) in [7, 11) is 1.57. The van der Waals surface area contributed by atoms with E-state index in [-0.39, 0.29) is 5.02 Å². The third-order valence-electron chi connectivity index (χ3n) is 2.20. The lowest BCUT2D eigenvalue weighted by Gasteiger charge is -2.04. The third-order valence-corrected chi connectivity index (χ3v) is 2.49. The maximum absolute atomic E-state index is 13.0. The van der Waals surface area contributed by atoms with E-state index in [1.165, 1.54) is 6.07 Å². The molecule has 0 aliphatic heterocycles. The molecule has 2 aromatic rings. The van der Waals surface area contributed by atoms with Crippen LogP contribution in [0.4, 0.5) is 4.39 Å². The number of aromatic nitrogens is 1. The van der Waals surface area contributed by atoms with Gasteiger partial charge in [0.2, 0.25) is 0 Å². The Labute approximate surface area is 97.7 Å². The summed E-state index contributed by atoms with van der Waals surface area (Å²) < 4.78 is 18.0. The van der Waals surface area contributed by atoms with E-state index in [9.17, 15) is 4.39 Å². The lowest BCUT2D eigenvalue weighted by molar-refractivity contribution is 0.413. The van der Waals surface area contributed by atoms with Gasteiger partial charge >= 0.3 is 0 Å². The van der Waals surface area contributed by atoms with Crippen LogP contribution in [0.1, 0.15) is 0 Å². The predicted molar refractivity (Wildman–Crippen MR) is 61.2 cm³/mol. The van der Waals surface area contributed by atoms with Gasteiger partial charge in [-0.1, -0.05) is 17.7 Å². The molecule has 0 atom stereocenters. The first-order valence-electron chi connectivity index (χ1n) is 4.65. The molecule has 4 heteroatoms. The van der Waals surface area contributed by atoms with Gasteiger partial charge in [0.1, 0.15) is 11.6 Å². The van der Waals surface area contributed by atoms with E-state index in [0.29, 0.717) is 5.75 Å². The number of hydrogen-bond acceptors (Lipinski definition) is 2. The minimum Gasteiger partial charge on any atom is -0.495 e. The molecule has 0 saturated carbocycles. The van der Waals surface area contributed by atoms with Crippen LogP contribution in [0.3, 0.4) is 0 Å². The molecular formula is C12H9ClFNO. The van der Waals surface area contributed by atoms with Crippen molar-refractivity contribution in [3.8, 4) is 16.9 Å². The first kappa shape index (κ1) is 10.9. The Balaban J connectivity index is 2.46. The Bertz CT molecular complexity index is 516. The smallest absolute Gasteiger partial charge is 0.141 e. The molecular weight excluding hydrogens is 229 g/mol. The van der Waals surface area contributed by atoms with Crippen LogP contribution in [0.15, 0.2) is 36.7 Å². The fourth-order valence-corrected chi connectivity index (χ4v) is 1.54. The quantitative estimate of drug-likeness (QED) is 0.797. The van der Waals surface area contributed by atoms with E-state index in [0.717, 1.165) is 11.1 Å². The van der Waals surface area contributed by atoms with Crippen LogP contribution in [-0.4, -0.2) is 12.1 Å². The fraction of sp³-hybridized carbons (Fsp3) is 0.0833. The van der Waals surface area contributed by atoms with Crippen LogP contribution in [0.2, 0.25) is 5.02 Å². The van der Waals surface area contributed by atoms with Crippen LogP contribution < -0.4 is 4.74 Å². The van der Waals surface area contributed by atoms with Gasteiger partial charge in [-0.25, -0.2) is 4.39 Å². The molecule has 16 heavy (non-hydrogen) atoms.